The fourth-order valence-corrected chi connectivity index (χ4v) is 3.10. The Morgan fingerprint density at radius 2 is 1.56 bits per heavy atom. The van der Waals surface area contributed by atoms with E-state index in [4.69, 9.17) is 6.11 Å². The smallest absolute Gasteiger partial charge is 0.356 e. The number of hydrogen-bond donors (Lipinski definition) is 0. The molecule has 2 aromatic carbocycles. The summed E-state index contributed by atoms with van der Waals surface area (Å²) in [5.74, 6) is -1.83. The van der Waals surface area contributed by atoms with E-state index in [1.54, 1.807) is 55.5 Å². The van der Waals surface area contributed by atoms with Gasteiger partial charge in [0, 0.05) is 5.56 Å². The van der Waals surface area contributed by atoms with Crippen LogP contribution in [0.2, 0.25) is 0 Å². The Bertz CT molecular complexity index is 1070. The number of esters is 1. The maximum Gasteiger partial charge on any atom is 0.356 e. The lowest BCUT2D eigenvalue weighted by Crippen LogP contribution is -2.42. The van der Waals surface area contributed by atoms with Crippen LogP contribution in [0.5, 0.6) is 0 Å². The maximum atomic E-state index is 13.0. The third-order valence-electron chi connectivity index (χ3n) is 4.29. The molecule has 0 bridgehead atoms. The number of rotatable bonds is 4. The van der Waals surface area contributed by atoms with Crippen LogP contribution in [0, 0.1) is 0 Å². The van der Waals surface area contributed by atoms with E-state index in [1.807, 2.05) is 6.07 Å². The van der Waals surface area contributed by atoms with Gasteiger partial charge in [0.2, 0.25) is 0 Å². The van der Waals surface area contributed by atoms with Gasteiger partial charge in [-0.3, -0.25) is 9.59 Å². The number of aromatic nitrogens is 1. The van der Waals surface area contributed by atoms with Crippen LogP contribution in [0.1, 0.15) is 39.5 Å². The highest BCUT2D eigenvalue weighted by Gasteiger charge is 2.39. The minimum Gasteiger partial charge on any atom is -0.461 e. The van der Waals surface area contributed by atoms with E-state index in [0.29, 0.717) is 5.56 Å². The van der Waals surface area contributed by atoms with Gasteiger partial charge in [0.05, 0.1) is 24.8 Å². The molecule has 6 heteroatoms. The first-order valence-corrected chi connectivity index (χ1v) is 8.47. The molecule has 3 aromatic rings. The molecule has 0 radical (unpaired) electrons. The fraction of sp³-hybridized carbons (Fsp3) is 0.0952. The third-order valence-corrected chi connectivity index (χ3v) is 4.29. The van der Waals surface area contributed by atoms with Crippen LogP contribution in [-0.2, 0) is 4.74 Å². The minimum atomic E-state index is -0.713. The Morgan fingerprint density at radius 3 is 2.15 bits per heavy atom. The first-order chi connectivity index (χ1) is 13.5. The van der Waals surface area contributed by atoms with Crippen molar-refractivity contribution < 1.29 is 20.5 Å². The van der Waals surface area contributed by atoms with Crippen LogP contribution in [0.4, 0.5) is 0 Å². The lowest BCUT2D eigenvalue weighted by molar-refractivity contribution is 0.0514. The number of fused-ring (bicyclic) bond motifs is 1. The van der Waals surface area contributed by atoms with E-state index >= 15 is 0 Å². The first kappa shape index (κ1) is 15.6. The molecule has 0 aliphatic carbocycles. The van der Waals surface area contributed by atoms with Crippen molar-refractivity contribution in [3.8, 4) is 11.3 Å². The maximum absolute atomic E-state index is 13.0. The van der Waals surface area contributed by atoms with Crippen molar-refractivity contribution in [2.24, 2.45) is 0 Å². The van der Waals surface area contributed by atoms with Crippen molar-refractivity contribution in [2.75, 3.05) is 11.6 Å². The molecule has 0 spiro atoms. The molecule has 1 aromatic heterocycles. The Hall–Kier alpha value is -3.67. The Morgan fingerprint density at radius 1 is 0.963 bits per heavy atom. The van der Waals surface area contributed by atoms with Crippen LogP contribution < -0.4 is 5.01 Å². The van der Waals surface area contributed by atoms with Gasteiger partial charge in [-0.2, -0.15) is 5.01 Å². The molecule has 1 aliphatic heterocycles. The molecule has 0 saturated heterocycles. The van der Waals surface area contributed by atoms with E-state index in [9.17, 15) is 14.4 Å². The van der Waals surface area contributed by atoms with Gasteiger partial charge in [0.15, 0.2) is 0 Å². The summed E-state index contributed by atoms with van der Waals surface area (Å²) >= 11 is 0. The number of imide groups is 1. The average Bonchev–Trinajstić information content (AvgIpc) is 3.17. The van der Waals surface area contributed by atoms with Crippen molar-refractivity contribution in [1.82, 2.24) is 4.68 Å². The second-order valence-electron chi connectivity index (χ2n) is 5.89. The molecule has 4 rings (SSSR count). The summed E-state index contributed by atoms with van der Waals surface area (Å²) < 4.78 is 14.7. The molecule has 0 N–H and O–H groups in total. The van der Waals surface area contributed by atoms with Crippen LogP contribution in [0.15, 0.2) is 66.7 Å². The number of amides is 2. The Kier molecular flexibility index (Phi) is 3.79. The zero-order valence-corrected chi connectivity index (χ0v) is 14.5. The highest BCUT2D eigenvalue weighted by molar-refractivity contribution is 6.31. The SMILES string of the molecule is [2H]c1cc(C(=O)OCC)n(N2C(=O)c3ccccc3C2=O)c1-c1ccccc1. The van der Waals surface area contributed by atoms with Crippen molar-refractivity contribution in [1.29, 1.82) is 0 Å². The molecule has 27 heavy (non-hydrogen) atoms. The average molecular weight is 361 g/mol. The quantitative estimate of drug-likeness (QED) is 0.528. The molecule has 1 aliphatic rings. The molecule has 0 fully saturated rings. The summed E-state index contributed by atoms with van der Waals surface area (Å²) in [6.45, 7) is 1.78. The van der Waals surface area contributed by atoms with Crippen molar-refractivity contribution in [3.05, 3.63) is 83.5 Å². The lowest BCUT2D eigenvalue weighted by Gasteiger charge is -2.21. The van der Waals surface area contributed by atoms with Gasteiger partial charge in [-0.1, -0.05) is 42.5 Å². The highest BCUT2D eigenvalue weighted by Crippen LogP contribution is 2.29. The normalized spacial score (nSPS) is 13.5. The molecular weight excluding hydrogens is 344 g/mol. The Labute approximate surface area is 157 Å². The van der Waals surface area contributed by atoms with Crippen molar-refractivity contribution in [2.45, 2.75) is 6.92 Å². The van der Waals surface area contributed by atoms with Gasteiger partial charge in [0.1, 0.15) is 5.69 Å². The van der Waals surface area contributed by atoms with E-state index in [2.05, 4.69) is 0 Å². The van der Waals surface area contributed by atoms with Gasteiger partial charge in [-0.05, 0) is 31.2 Å². The monoisotopic (exact) mass is 361 g/mol. The van der Waals surface area contributed by atoms with Crippen LogP contribution in [-0.4, -0.2) is 29.1 Å². The summed E-state index contributed by atoms with van der Waals surface area (Å²) in [5, 5.41) is 0.900. The van der Waals surface area contributed by atoms with E-state index in [1.165, 1.54) is 10.7 Å². The minimum absolute atomic E-state index is 0.00538. The zero-order valence-electron chi connectivity index (χ0n) is 15.5. The predicted octanol–water partition coefficient (Wildman–Crippen LogP) is 3.26. The van der Waals surface area contributed by atoms with Crippen molar-refractivity contribution in [3.63, 3.8) is 0 Å². The zero-order chi connectivity index (χ0) is 19.8. The van der Waals surface area contributed by atoms with E-state index in [-0.39, 0.29) is 35.2 Å². The Balaban J connectivity index is 1.96. The van der Waals surface area contributed by atoms with Crippen LogP contribution in [0.3, 0.4) is 0 Å². The number of nitrogens with zero attached hydrogens (tertiary/aromatic N) is 2. The molecule has 0 unspecified atom stereocenters. The molecular formula is C21H16N2O4. The topological polar surface area (TPSA) is 68.6 Å². The van der Waals surface area contributed by atoms with Crippen molar-refractivity contribution >= 4 is 17.8 Å². The molecule has 0 atom stereocenters. The van der Waals surface area contributed by atoms with Gasteiger partial charge in [-0.15, -0.1) is 0 Å². The molecule has 2 amide bonds. The van der Waals surface area contributed by atoms with Crippen LogP contribution >= 0.6 is 0 Å². The summed E-state index contributed by atoms with van der Waals surface area (Å²) in [6.07, 6.45) is 0. The van der Waals surface area contributed by atoms with Gasteiger partial charge in [-0.25, -0.2) is 9.47 Å². The standard InChI is InChI=1S/C21H16N2O4/c1-2-27-21(26)18-13-12-17(14-8-4-3-5-9-14)22(18)23-19(24)15-10-6-7-11-16(15)20(23)25/h3-13H,2H2,1H3/i12D. The number of ether oxygens (including phenoxy) is 1. The summed E-state index contributed by atoms with van der Waals surface area (Å²) in [4.78, 5) is 38.5. The lowest BCUT2D eigenvalue weighted by atomic mass is 10.1. The number of carbonyl (C=O) groups is 3. The second-order valence-corrected chi connectivity index (χ2v) is 5.89. The number of hydrogen-bond acceptors (Lipinski definition) is 4. The van der Waals surface area contributed by atoms with E-state index < -0.39 is 17.8 Å². The van der Waals surface area contributed by atoms with Gasteiger partial charge >= 0.3 is 5.97 Å². The summed E-state index contributed by atoms with van der Waals surface area (Å²) in [7, 11) is 0. The predicted molar refractivity (Wildman–Crippen MR) is 99.1 cm³/mol. The van der Waals surface area contributed by atoms with Crippen LogP contribution in [0.25, 0.3) is 11.3 Å². The summed E-state index contributed by atoms with van der Waals surface area (Å²) in [5.41, 5.74) is 1.31. The number of benzene rings is 2. The van der Waals surface area contributed by atoms with Gasteiger partial charge < -0.3 is 4.74 Å². The molecule has 0 saturated carbocycles. The highest BCUT2D eigenvalue weighted by atomic mass is 16.5. The van der Waals surface area contributed by atoms with E-state index in [0.717, 1.165) is 5.01 Å². The molecule has 6 nitrogen and oxygen atoms in total. The fourth-order valence-electron chi connectivity index (χ4n) is 3.10. The number of carbonyl (C=O) groups excluding carboxylic acids is 3. The summed E-state index contributed by atoms with van der Waals surface area (Å²) in [6, 6.07) is 16.6. The van der Waals surface area contributed by atoms with Gasteiger partial charge in [0.25, 0.3) is 11.8 Å². The second kappa shape index (κ2) is 6.57. The molecule has 134 valence electrons. The third kappa shape index (κ3) is 2.62. The largest absolute Gasteiger partial charge is 0.461 e. The first-order valence-electron chi connectivity index (χ1n) is 8.97. The molecule has 2 heterocycles.